The molecule has 0 aliphatic heterocycles. The van der Waals surface area contributed by atoms with E-state index in [4.69, 9.17) is 0 Å². The summed E-state index contributed by atoms with van der Waals surface area (Å²) in [7, 11) is 0. The van der Waals surface area contributed by atoms with E-state index in [0.29, 0.717) is 0 Å². The highest BCUT2D eigenvalue weighted by Gasteiger charge is 1.88. The van der Waals surface area contributed by atoms with Gasteiger partial charge in [0, 0.05) is 0 Å². The molecule has 0 spiro atoms. The lowest BCUT2D eigenvalue weighted by atomic mass is 10.1. The Labute approximate surface area is 113 Å². The lowest BCUT2D eigenvalue weighted by molar-refractivity contribution is 0.626. The molecule has 0 bridgehead atoms. The third-order valence-electron chi connectivity index (χ3n) is 2.21. The molecule has 0 aliphatic carbocycles. The van der Waals surface area contributed by atoms with E-state index in [-0.39, 0.29) is 14.9 Å². The van der Waals surface area contributed by atoms with Crippen LogP contribution in [0.4, 0.5) is 0 Å². The van der Waals surface area contributed by atoms with Crippen molar-refractivity contribution in [3.63, 3.8) is 0 Å². The van der Waals surface area contributed by atoms with Crippen LogP contribution in [-0.4, -0.2) is 0 Å². The van der Waals surface area contributed by atoms with E-state index in [1.54, 1.807) is 0 Å². The van der Waals surface area contributed by atoms with Crippen LogP contribution in [0.2, 0.25) is 0 Å². The first kappa shape index (κ1) is 30.0. The van der Waals surface area contributed by atoms with E-state index in [1.807, 2.05) is 20.8 Å². The van der Waals surface area contributed by atoms with Gasteiger partial charge in [0.25, 0.3) is 0 Å². The summed E-state index contributed by atoms with van der Waals surface area (Å²) in [5.41, 5.74) is 3.85. The molecule has 0 rings (SSSR count). The van der Waals surface area contributed by atoms with Crippen molar-refractivity contribution in [2.75, 3.05) is 0 Å². The lowest BCUT2D eigenvalue weighted by Gasteiger charge is -1.99. The van der Waals surface area contributed by atoms with Gasteiger partial charge in [-0.2, -0.15) is 0 Å². The molecule has 0 aromatic rings. The predicted octanol–water partition coefficient (Wildman–Crippen LogP) is 7.27. The van der Waals surface area contributed by atoms with Gasteiger partial charge in [0.2, 0.25) is 0 Å². The van der Waals surface area contributed by atoms with Crippen LogP contribution in [0.25, 0.3) is 0 Å². The zero-order chi connectivity index (χ0) is 13.0. The average Bonchev–Trinajstić information content (AvgIpc) is 2.20. The standard InChI is InChI=1S/C8H14.C5H12.C2H6.2CH4/c1-6(2)8(5)7(3)4;1-4-5(2)3;1-2;;/h1H2,2-5H3;5H,4H2,1-3H3;1-2H3;2*1H4. The SMILES string of the molecule is C.C.C=C(C)C(C)=C(C)C.CC.CCC(C)C. The number of allylic oxidation sites excluding steroid dienone is 3. The minimum absolute atomic E-state index is 0. The number of rotatable bonds is 2. The molecule has 0 saturated carbocycles. The Morgan fingerprint density at radius 3 is 1.18 bits per heavy atom. The second-order valence-electron chi connectivity index (χ2n) is 4.21. The molecule has 0 aliphatic rings. The zero-order valence-corrected chi connectivity index (χ0v) is 12.5. The topological polar surface area (TPSA) is 0 Å². The molecule has 17 heavy (non-hydrogen) atoms. The van der Waals surface area contributed by atoms with Crippen LogP contribution in [0, 0.1) is 5.92 Å². The molecule has 0 fully saturated rings. The van der Waals surface area contributed by atoms with Gasteiger partial charge in [-0.05, 0) is 33.6 Å². The second kappa shape index (κ2) is 20.8. The number of hydrogen-bond donors (Lipinski definition) is 0. The summed E-state index contributed by atoms with van der Waals surface area (Å²) in [6.45, 7) is 22.8. The fourth-order valence-corrected chi connectivity index (χ4v) is 0.427. The molecule has 0 heteroatoms. The highest BCUT2D eigenvalue weighted by molar-refractivity contribution is 5.27. The largest absolute Gasteiger partial charge is 0.0959 e. The minimum Gasteiger partial charge on any atom is -0.0959 e. The van der Waals surface area contributed by atoms with E-state index < -0.39 is 0 Å². The number of hydrogen-bond acceptors (Lipinski definition) is 0. The van der Waals surface area contributed by atoms with Crippen molar-refractivity contribution >= 4 is 0 Å². The van der Waals surface area contributed by atoms with Crippen molar-refractivity contribution in [1.29, 1.82) is 0 Å². The van der Waals surface area contributed by atoms with Crippen molar-refractivity contribution in [2.24, 2.45) is 5.92 Å². The summed E-state index contributed by atoms with van der Waals surface area (Å²) in [6, 6.07) is 0. The Kier molecular flexibility index (Phi) is 36.7. The van der Waals surface area contributed by atoms with Gasteiger partial charge in [0.1, 0.15) is 0 Å². The van der Waals surface area contributed by atoms with Crippen molar-refractivity contribution in [2.45, 2.75) is 83.6 Å². The van der Waals surface area contributed by atoms with Gasteiger partial charge in [-0.25, -0.2) is 0 Å². The summed E-state index contributed by atoms with van der Waals surface area (Å²) in [6.07, 6.45) is 1.31. The van der Waals surface area contributed by atoms with Gasteiger partial charge in [-0.15, -0.1) is 0 Å². The zero-order valence-electron chi connectivity index (χ0n) is 12.5. The van der Waals surface area contributed by atoms with Gasteiger partial charge in [0.05, 0.1) is 0 Å². The van der Waals surface area contributed by atoms with Crippen molar-refractivity contribution < 1.29 is 0 Å². The van der Waals surface area contributed by atoms with Crippen LogP contribution in [0.15, 0.2) is 23.3 Å². The highest BCUT2D eigenvalue weighted by atomic mass is 13.9. The Morgan fingerprint density at radius 2 is 1.18 bits per heavy atom. The summed E-state index contributed by atoms with van der Waals surface area (Å²) >= 11 is 0. The highest BCUT2D eigenvalue weighted by Crippen LogP contribution is 2.09. The Balaban J connectivity index is -0.0000000471. The van der Waals surface area contributed by atoms with Crippen molar-refractivity contribution in [1.82, 2.24) is 0 Å². The molecule has 0 amide bonds. The summed E-state index contributed by atoms with van der Waals surface area (Å²) in [4.78, 5) is 0. The minimum atomic E-state index is 0. The van der Waals surface area contributed by atoms with Crippen LogP contribution in [-0.2, 0) is 0 Å². The maximum Gasteiger partial charge on any atom is -0.0396 e. The predicted molar refractivity (Wildman–Crippen MR) is 88.8 cm³/mol. The van der Waals surface area contributed by atoms with E-state index >= 15 is 0 Å². The molecule has 0 saturated heterocycles. The molecule has 0 aromatic carbocycles. The third kappa shape index (κ3) is 31.3. The summed E-state index contributed by atoms with van der Waals surface area (Å²) in [5.74, 6) is 0.884. The lowest BCUT2D eigenvalue weighted by Crippen LogP contribution is -1.78. The van der Waals surface area contributed by atoms with Crippen LogP contribution in [0.3, 0.4) is 0 Å². The van der Waals surface area contributed by atoms with Gasteiger partial charge >= 0.3 is 0 Å². The Morgan fingerprint density at radius 1 is 0.941 bits per heavy atom. The van der Waals surface area contributed by atoms with E-state index in [1.165, 1.54) is 23.1 Å². The molecular weight excluding hydrogens is 204 g/mol. The quantitative estimate of drug-likeness (QED) is 0.448. The van der Waals surface area contributed by atoms with E-state index in [9.17, 15) is 0 Å². The van der Waals surface area contributed by atoms with E-state index in [2.05, 4.69) is 48.1 Å². The molecule has 0 aromatic heterocycles. The first-order chi connectivity index (χ1) is 6.82. The maximum absolute atomic E-state index is 3.82. The third-order valence-corrected chi connectivity index (χ3v) is 2.21. The molecule has 0 nitrogen and oxygen atoms in total. The fourth-order valence-electron chi connectivity index (χ4n) is 0.427. The first-order valence-electron chi connectivity index (χ1n) is 6.12. The fraction of sp³-hybridized carbons (Fsp3) is 0.765. The van der Waals surface area contributed by atoms with Gasteiger partial charge in [-0.1, -0.05) is 79.2 Å². The Bertz CT molecular complexity index is 166. The molecule has 0 heterocycles. The maximum atomic E-state index is 3.82. The first-order valence-corrected chi connectivity index (χ1v) is 6.12. The van der Waals surface area contributed by atoms with Crippen molar-refractivity contribution in [3.05, 3.63) is 23.3 Å². The van der Waals surface area contributed by atoms with Crippen LogP contribution >= 0.6 is 0 Å². The molecule has 0 radical (unpaired) electrons. The van der Waals surface area contributed by atoms with E-state index in [0.717, 1.165) is 5.92 Å². The summed E-state index contributed by atoms with van der Waals surface area (Å²) < 4.78 is 0. The molecule has 108 valence electrons. The van der Waals surface area contributed by atoms with Gasteiger partial charge < -0.3 is 0 Å². The smallest absolute Gasteiger partial charge is 0.0396 e. The molecule has 0 atom stereocenters. The van der Waals surface area contributed by atoms with Crippen LogP contribution in [0.5, 0.6) is 0 Å². The normalized spacial score (nSPS) is 7.18. The second-order valence-corrected chi connectivity index (χ2v) is 4.21. The molecule has 0 N–H and O–H groups in total. The Hall–Kier alpha value is -0.520. The van der Waals surface area contributed by atoms with Crippen LogP contribution < -0.4 is 0 Å². The monoisotopic (exact) mass is 244 g/mol. The van der Waals surface area contributed by atoms with Crippen LogP contribution in [0.1, 0.15) is 83.6 Å². The van der Waals surface area contributed by atoms with Gasteiger partial charge in [-0.3, -0.25) is 0 Å². The summed E-state index contributed by atoms with van der Waals surface area (Å²) in [5, 5.41) is 0. The molecular formula is C17H40. The molecule has 0 unspecified atom stereocenters. The van der Waals surface area contributed by atoms with Crippen molar-refractivity contribution in [3.8, 4) is 0 Å². The van der Waals surface area contributed by atoms with Gasteiger partial charge in [0.15, 0.2) is 0 Å². The average molecular weight is 245 g/mol.